The summed E-state index contributed by atoms with van der Waals surface area (Å²) in [4.78, 5) is 31.0. The van der Waals surface area contributed by atoms with E-state index in [2.05, 4.69) is 49.6 Å². The summed E-state index contributed by atoms with van der Waals surface area (Å²) in [7, 11) is 0. The summed E-state index contributed by atoms with van der Waals surface area (Å²) in [6, 6.07) is 16.1. The highest BCUT2D eigenvalue weighted by molar-refractivity contribution is 5.94. The number of rotatable bonds is 15. The van der Waals surface area contributed by atoms with Crippen molar-refractivity contribution in [1.29, 1.82) is 0 Å². The topological polar surface area (TPSA) is 69.9 Å². The number of hydrogen-bond donors (Lipinski definition) is 0. The fraction of sp³-hybridized carbons (Fsp3) is 0.519. The van der Waals surface area contributed by atoms with Crippen LogP contribution in [0, 0.1) is 10.1 Å². The van der Waals surface area contributed by atoms with E-state index < -0.39 is 4.92 Å². The summed E-state index contributed by atoms with van der Waals surface area (Å²) in [5.41, 5.74) is 1.58. The molecule has 7 nitrogen and oxygen atoms in total. The van der Waals surface area contributed by atoms with Gasteiger partial charge in [-0.15, -0.1) is 0 Å². The Morgan fingerprint density at radius 2 is 1.44 bits per heavy atom. The van der Waals surface area contributed by atoms with Crippen LogP contribution >= 0.6 is 0 Å². The van der Waals surface area contributed by atoms with Crippen LogP contribution in [0.15, 0.2) is 54.6 Å². The third-order valence-corrected chi connectivity index (χ3v) is 6.49. The minimum Gasteiger partial charge on any atom is -0.319 e. The van der Waals surface area contributed by atoms with Gasteiger partial charge in [0.25, 0.3) is 11.6 Å². The highest BCUT2D eigenvalue weighted by atomic mass is 16.6. The molecule has 2 rings (SSSR count). The maximum Gasteiger partial charge on any atom is 0.269 e. The minimum absolute atomic E-state index is 0.0112. The zero-order valence-corrected chi connectivity index (χ0v) is 21.2. The molecule has 0 radical (unpaired) electrons. The fourth-order valence-electron chi connectivity index (χ4n) is 4.23. The van der Waals surface area contributed by atoms with Gasteiger partial charge in [-0.1, -0.05) is 58.0 Å². The first-order chi connectivity index (χ1) is 16.4. The number of nitro benzene ring substituents is 1. The molecule has 34 heavy (non-hydrogen) atoms. The van der Waals surface area contributed by atoms with Gasteiger partial charge in [0.2, 0.25) is 0 Å². The number of nitro groups is 1. The molecule has 0 aromatic heterocycles. The Morgan fingerprint density at radius 1 is 0.853 bits per heavy atom. The summed E-state index contributed by atoms with van der Waals surface area (Å²) < 4.78 is 0. The third-order valence-electron chi connectivity index (χ3n) is 6.49. The second-order valence-corrected chi connectivity index (χ2v) is 8.47. The van der Waals surface area contributed by atoms with E-state index in [4.69, 9.17) is 0 Å². The first-order valence-corrected chi connectivity index (χ1v) is 12.5. The molecule has 0 aliphatic carbocycles. The molecule has 186 valence electrons. The van der Waals surface area contributed by atoms with E-state index in [-0.39, 0.29) is 17.6 Å². The largest absolute Gasteiger partial charge is 0.319 e. The quantitative estimate of drug-likeness (QED) is 0.147. The summed E-state index contributed by atoms with van der Waals surface area (Å²) in [6.07, 6.45) is 2.96. The molecule has 2 aromatic carbocycles. The lowest BCUT2D eigenvalue weighted by Gasteiger charge is -2.36. The molecular formula is C27H40N4O3. The standard InChI is InChI=1S/C27H40N4O3/c1-5-28(6-2)21-13-12-16-26(23-14-10-9-11-15-23)30(22-29(7-3)8-4)27(32)24-17-19-25(20-18-24)31(33)34/h9-11,14-15,17-20,26H,5-8,12-13,16,21-22H2,1-4H3. The molecule has 1 unspecified atom stereocenters. The van der Waals surface area contributed by atoms with Crippen molar-refractivity contribution in [3.63, 3.8) is 0 Å². The molecule has 0 spiro atoms. The smallest absolute Gasteiger partial charge is 0.269 e. The van der Waals surface area contributed by atoms with Crippen molar-refractivity contribution in [3.05, 3.63) is 75.8 Å². The molecule has 7 heteroatoms. The van der Waals surface area contributed by atoms with Gasteiger partial charge in [0.05, 0.1) is 17.6 Å². The minimum atomic E-state index is -0.440. The molecule has 0 heterocycles. The van der Waals surface area contributed by atoms with Gasteiger partial charge in [-0.3, -0.25) is 19.8 Å². The molecule has 0 aliphatic rings. The lowest BCUT2D eigenvalue weighted by Crippen LogP contribution is -2.43. The van der Waals surface area contributed by atoms with Crippen molar-refractivity contribution in [2.45, 2.75) is 53.0 Å². The van der Waals surface area contributed by atoms with E-state index in [1.165, 1.54) is 12.1 Å². The molecule has 0 fully saturated rings. The van der Waals surface area contributed by atoms with Crippen LogP contribution in [0.5, 0.6) is 0 Å². The van der Waals surface area contributed by atoms with Gasteiger partial charge in [-0.2, -0.15) is 0 Å². The highest BCUT2D eigenvalue weighted by Crippen LogP contribution is 2.29. The lowest BCUT2D eigenvalue weighted by atomic mass is 9.98. The number of nitrogens with zero attached hydrogens (tertiary/aromatic N) is 4. The molecule has 1 atom stereocenters. The van der Waals surface area contributed by atoms with Crippen molar-refractivity contribution < 1.29 is 9.72 Å². The Balaban J connectivity index is 2.33. The van der Waals surface area contributed by atoms with Crippen molar-refractivity contribution in [2.24, 2.45) is 0 Å². The number of benzene rings is 2. The highest BCUT2D eigenvalue weighted by Gasteiger charge is 2.27. The third kappa shape index (κ3) is 7.92. The number of unbranched alkanes of at least 4 members (excludes halogenated alkanes) is 1. The molecule has 0 aliphatic heterocycles. The zero-order valence-electron chi connectivity index (χ0n) is 21.2. The molecule has 2 aromatic rings. The van der Waals surface area contributed by atoms with E-state index in [9.17, 15) is 14.9 Å². The summed E-state index contributed by atoms with van der Waals surface area (Å²) in [6.45, 7) is 13.9. The maximum atomic E-state index is 13.8. The monoisotopic (exact) mass is 468 g/mol. The van der Waals surface area contributed by atoms with Crippen LogP contribution in [0.2, 0.25) is 0 Å². The Kier molecular flexibility index (Phi) is 11.7. The van der Waals surface area contributed by atoms with Crippen LogP contribution in [0.1, 0.15) is 68.9 Å². The first kappa shape index (κ1) is 27.5. The van der Waals surface area contributed by atoms with E-state index >= 15 is 0 Å². The summed E-state index contributed by atoms with van der Waals surface area (Å²) >= 11 is 0. The van der Waals surface area contributed by atoms with E-state index in [1.54, 1.807) is 12.1 Å². The normalized spacial score (nSPS) is 12.2. The second kappa shape index (κ2) is 14.5. The van der Waals surface area contributed by atoms with Crippen LogP contribution < -0.4 is 0 Å². The van der Waals surface area contributed by atoms with Gasteiger partial charge in [-0.25, -0.2) is 0 Å². The van der Waals surface area contributed by atoms with Crippen molar-refractivity contribution in [1.82, 2.24) is 14.7 Å². The summed E-state index contributed by atoms with van der Waals surface area (Å²) in [5, 5.41) is 11.1. The van der Waals surface area contributed by atoms with Crippen molar-refractivity contribution in [3.8, 4) is 0 Å². The number of amides is 1. The molecular weight excluding hydrogens is 428 g/mol. The maximum absolute atomic E-state index is 13.8. The fourth-order valence-corrected chi connectivity index (χ4v) is 4.23. The predicted octanol–water partition coefficient (Wildman–Crippen LogP) is 5.59. The Morgan fingerprint density at radius 3 is 1.97 bits per heavy atom. The van der Waals surface area contributed by atoms with Crippen molar-refractivity contribution in [2.75, 3.05) is 39.4 Å². The first-order valence-electron chi connectivity index (χ1n) is 12.5. The Hall–Kier alpha value is -2.77. The Labute approximate surface area is 204 Å². The molecule has 1 amide bonds. The predicted molar refractivity (Wildman–Crippen MR) is 138 cm³/mol. The molecule has 0 saturated heterocycles. The van der Waals surface area contributed by atoms with Gasteiger partial charge in [0.1, 0.15) is 0 Å². The van der Waals surface area contributed by atoms with Crippen LogP contribution in [-0.4, -0.2) is 64.9 Å². The van der Waals surface area contributed by atoms with E-state index in [0.717, 1.165) is 57.5 Å². The van der Waals surface area contributed by atoms with Crippen LogP contribution in [0.25, 0.3) is 0 Å². The summed E-state index contributed by atoms with van der Waals surface area (Å²) in [5.74, 6) is -0.0978. The molecule has 0 saturated carbocycles. The Bertz CT molecular complexity index is 865. The number of non-ortho nitro benzene ring substituents is 1. The van der Waals surface area contributed by atoms with Gasteiger partial charge in [-0.05, 0) is 69.7 Å². The van der Waals surface area contributed by atoms with E-state index in [1.807, 2.05) is 23.1 Å². The van der Waals surface area contributed by atoms with Crippen molar-refractivity contribution >= 4 is 11.6 Å². The van der Waals surface area contributed by atoms with Gasteiger partial charge in [0.15, 0.2) is 0 Å². The average molecular weight is 469 g/mol. The van der Waals surface area contributed by atoms with Gasteiger partial charge < -0.3 is 9.80 Å². The number of carbonyl (C=O) groups is 1. The molecule has 0 bridgehead atoms. The average Bonchev–Trinajstić information content (AvgIpc) is 2.88. The van der Waals surface area contributed by atoms with E-state index in [0.29, 0.717) is 12.2 Å². The van der Waals surface area contributed by atoms with Gasteiger partial charge in [0, 0.05) is 17.7 Å². The zero-order chi connectivity index (χ0) is 24.9. The number of hydrogen-bond acceptors (Lipinski definition) is 5. The van der Waals surface area contributed by atoms with Crippen LogP contribution in [0.4, 0.5) is 5.69 Å². The van der Waals surface area contributed by atoms with Gasteiger partial charge >= 0.3 is 0 Å². The second-order valence-electron chi connectivity index (χ2n) is 8.47. The number of carbonyl (C=O) groups excluding carboxylic acids is 1. The lowest BCUT2D eigenvalue weighted by molar-refractivity contribution is -0.384. The SMILES string of the molecule is CCN(CC)CCCCC(c1ccccc1)N(CN(CC)CC)C(=O)c1ccc([N+](=O)[O-])cc1. The molecule has 0 N–H and O–H groups in total. The van der Waals surface area contributed by atoms with Crippen LogP contribution in [-0.2, 0) is 0 Å². The van der Waals surface area contributed by atoms with Crippen LogP contribution in [0.3, 0.4) is 0 Å².